The first-order valence-electron chi connectivity index (χ1n) is 12.4. The summed E-state index contributed by atoms with van der Waals surface area (Å²) in [5, 5.41) is 17.3. The number of hydrogen-bond acceptors (Lipinski definition) is 5. The first kappa shape index (κ1) is 25.5. The number of fused-ring (bicyclic) bond motifs is 1. The number of benzene rings is 1. The number of ether oxygens (including phenoxy) is 1. The highest BCUT2D eigenvalue weighted by Gasteiger charge is 2.46. The van der Waals surface area contributed by atoms with Crippen molar-refractivity contribution in [3.8, 4) is 5.88 Å². The summed E-state index contributed by atoms with van der Waals surface area (Å²) in [6, 6.07) is 7.13. The number of aliphatic hydroxyl groups is 1. The molecule has 6 nitrogen and oxygen atoms in total. The molecule has 8 heteroatoms. The molecule has 3 N–H and O–H groups in total. The molecular weight excluding hydrogens is 452 g/mol. The zero-order valence-electron chi connectivity index (χ0n) is 20.6. The van der Waals surface area contributed by atoms with Gasteiger partial charge in [-0.2, -0.15) is 0 Å². The Labute approximate surface area is 205 Å². The Morgan fingerprint density at radius 1 is 1.29 bits per heavy atom. The van der Waals surface area contributed by atoms with Crippen molar-refractivity contribution in [3.05, 3.63) is 59.0 Å². The number of nitrogens with zero attached hydrogens (tertiary/aromatic N) is 1. The average molecular weight is 488 g/mol. The number of carbonyl (C=O) groups is 1. The van der Waals surface area contributed by atoms with Gasteiger partial charge >= 0.3 is 0 Å². The van der Waals surface area contributed by atoms with Crippen LogP contribution in [0.2, 0.25) is 0 Å². The molecule has 2 aromatic rings. The molecule has 1 aromatic heterocycles. The standard InChI is InChI=1S/C27H35F2N3O3/c1-16(2)25(29)19-12-21-23(13-27(9-4-10-27)35-26(21)31-14-19)30-15-24(34)22(32-17(3)33)11-18-5-7-20(28)8-6-18/h5-8,12,14,16,22-25,30,34H,4,9-11,13,15H2,1-3H3,(H,32,33)/t22-,23-,24+,25-/m0/s1. The molecule has 1 amide bonds. The van der Waals surface area contributed by atoms with Crippen LogP contribution in [0.25, 0.3) is 0 Å². The van der Waals surface area contributed by atoms with E-state index in [1.165, 1.54) is 19.1 Å². The molecule has 1 fully saturated rings. The third kappa shape index (κ3) is 5.98. The molecule has 4 rings (SSSR count). The van der Waals surface area contributed by atoms with E-state index in [-0.39, 0.29) is 35.8 Å². The number of amides is 1. The molecule has 1 saturated carbocycles. The van der Waals surface area contributed by atoms with Gasteiger partial charge in [0.25, 0.3) is 0 Å². The number of nitrogens with one attached hydrogen (secondary N) is 2. The van der Waals surface area contributed by atoms with Crippen LogP contribution >= 0.6 is 0 Å². The molecule has 1 spiro atoms. The van der Waals surface area contributed by atoms with Gasteiger partial charge in [-0.3, -0.25) is 4.79 Å². The largest absolute Gasteiger partial charge is 0.471 e. The molecule has 0 saturated heterocycles. The van der Waals surface area contributed by atoms with Gasteiger partial charge in [-0.1, -0.05) is 26.0 Å². The number of rotatable bonds is 9. The Morgan fingerprint density at radius 2 is 2.00 bits per heavy atom. The van der Waals surface area contributed by atoms with Crippen molar-refractivity contribution in [1.82, 2.24) is 15.6 Å². The van der Waals surface area contributed by atoms with Crippen LogP contribution in [0.1, 0.15) is 75.4 Å². The fourth-order valence-electron chi connectivity index (χ4n) is 4.97. The van der Waals surface area contributed by atoms with Crippen LogP contribution in [0, 0.1) is 11.7 Å². The summed E-state index contributed by atoms with van der Waals surface area (Å²) in [5.74, 6) is -0.239. The van der Waals surface area contributed by atoms with Gasteiger partial charge in [0.05, 0.1) is 12.1 Å². The summed E-state index contributed by atoms with van der Waals surface area (Å²) in [6.07, 6.45) is 3.57. The molecule has 2 heterocycles. The normalized spacial score (nSPS) is 20.9. The van der Waals surface area contributed by atoms with E-state index in [9.17, 15) is 18.7 Å². The van der Waals surface area contributed by atoms with Gasteiger partial charge in [0.1, 0.15) is 17.6 Å². The fraction of sp³-hybridized carbons (Fsp3) is 0.556. The smallest absolute Gasteiger partial charge is 0.218 e. The van der Waals surface area contributed by atoms with Gasteiger partial charge in [0.2, 0.25) is 11.8 Å². The molecule has 0 bridgehead atoms. The van der Waals surface area contributed by atoms with E-state index in [1.807, 2.05) is 19.9 Å². The quantitative estimate of drug-likeness (QED) is 0.490. The number of aliphatic hydroxyl groups excluding tert-OH is 1. The number of alkyl halides is 1. The maximum atomic E-state index is 14.8. The van der Waals surface area contributed by atoms with Crippen molar-refractivity contribution in [3.63, 3.8) is 0 Å². The van der Waals surface area contributed by atoms with E-state index in [0.29, 0.717) is 24.3 Å². The highest BCUT2D eigenvalue weighted by atomic mass is 19.1. The van der Waals surface area contributed by atoms with E-state index in [0.717, 1.165) is 30.4 Å². The van der Waals surface area contributed by atoms with Crippen molar-refractivity contribution < 1.29 is 23.4 Å². The molecule has 1 aliphatic carbocycles. The van der Waals surface area contributed by atoms with E-state index in [1.54, 1.807) is 18.3 Å². The van der Waals surface area contributed by atoms with Gasteiger partial charge in [-0.25, -0.2) is 13.8 Å². The Balaban J connectivity index is 1.50. The second kappa shape index (κ2) is 10.6. The molecule has 1 aliphatic heterocycles. The van der Waals surface area contributed by atoms with Crippen molar-refractivity contribution in [2.45, 2.75) is 82.8 Å². The molecular formula is C27H35F2N3O3. The van der Waals surface area contributed by atoms with Crippen LogP contribution in [0.3, 0.4) is 0 Å². The van der Waals surface area contributed by atoms with E-state index in [2.05, 4.69) is 15.6 Å². The van der Waals surface area contributed by atoms with Crippen LogP contribution in [0.5, 0.6) is 5.88 Å². The summed E-state index contributed by atoms with van der Waals surface area (Å²) in [5.41, 5.74) is 1.85. The summed E-state index contributed by atoms with van der Waals surface area (Å²) < 4.78 is 34.3. The van der Waals surface area contributed by atoms with Gasteiger partial charge in [-0.05, 0) is 55.4 Å². The van der Waals surface area contributed by atoms with Gasteiger partial charge < -0.3 is 20.5 Å². The van der Waals surface area contributed by atoms with Crippen LogP contribution in [0.15, 0.2) is 36.5 Å². The average Bonchev–Trinajstić information content (AvgIpc) is 2.80. The lowest BCUT2D eigenvalue weighted by atomic mass is 9.73. The lowest BCUT2D eigenvalue weighted by Gasteiger charge is -2.47. The summed E-state index contributed by atoms with van der Waals surface area (Å²) in [7, 11) is 0. The number of halogens is 2. The van der Waals surface area contributed by atoms with Crippen molar-refractivity contribution >= 4 is 5.91 Å². The third-order valence-corrected chi connectivity index (χ3v) is 7.13. The predicted octanol–water partition coefficient (Wildman–Crippen LogP) is 4.33. The van der Waals surface area contributed by atoms with Crippen molar-refractivity contribution in [1.29, 1.82) is 0 Å². The molecule has 1 aromatic carbocycles. The summed E-state index contributed by atoms with van der Waals surface area (Å²) in [6.45, 7) is 5.28. The summed E-state index contributed by atoms with van der Waals surface area (Å²) in [4.78, 5) is 16.3. The number of aromatic nitrogens is 1. The zero-order chi connectivity index (χ0) is 25.2. The minimum atomic E-state index is -1.13. The van der Waals surface area contributed by atoms with Crippen LogP contribution in [0.4, 0.5) is 8.78 Å². The van der Waals surface area contributed by atoms with Crippen molar-refractivity contribution in [2.24, 2.45) is 5.92 Å². The maximum Gasteiger partial charge on any atom is 0.218 e. The first-order valence-corrected chi connectivity index (χ1v) is 12.4. The SMILES string of the molecule is CC(=O)N[C@@H](Cc1ccc(F)cc1)[C@H](O)CN[C@H]1CC2(CCC2)Oc2ncc([C@@H](F)C(C)C)cc21. The Bertz CT molecular complexity index is 1030. The topological polar surface area (TPSA) is 83.5 Å². The molecule has 4 atom stereocenters. The van der Waals surface area contributed by atoms with Gasteiger partial charge in [-0.15, -0.1) is 0 Å². The van der Waals surface area contributed by atoms with Gasteiger partial charge in [0.15, 0.2) is 0 Å². The minimum absolute atomic E-state index is 0.163. The van der Waals surface area contributed by atoms with Crippen molar-refractivity contribution in [2.75, 3.05) is 6.54 Å². The molecule has 190 valence electrons. The Kier molecular flexibility index (Phi) is 7.71. The van der Waals surface area contributed by atoms with Crippen LogP contribution in [-0.4, -0.2) is 40.3 Å². The zero-order valence-corrected chi connectivity index (χ0v) is 20.6. The second-order valence-electron chi connectivity index (χ2n) is 10.3. The number of hydrogen-bond donors (Lipinski definition) is 3. The fourth-order valence-corrected chi connectivity index (χ4v) is 4.97. The monoisotopic (exact) mass is 487 g/mol. The number of carbonyl (C=O) groups excluding carboxylic acids is 1. The molecule has 35 heavy (non-hydrogen) atoms. The lowest BCUT2D eigenvalue weighted by Crippen LogP contribution is -2.52. The molecule has 0 radical (unpaired) electrons. The van der Waals surface area contributed by atoms with E-state index in [4.69, 9.17) is 4.74 Å². The predicted molar refractivity (Wildman–Crippen MR) is 129 cm³/mol. The van der Waals surface area contributed by atoms with E-state index < -0.39 is 18.3 Å². The Hall–Kier alpha value is -2.58. The van der Waals surface area contributed by atoms with Crippen LogP contribution in [-0.2, 0) is 11.2 Å². The van der Waals surface area contributed by atoms with E-state index >= 15 is 0 Å². The minimum Gasteiger partial charge on any atom is -0.471 e. The molecule has 0 unspecified atom stereocenters. The lowest BCUT2D eigenvalue weighted by molar-refractivity contribution is -0.120. The number of pyridine rings is 1. The highest BCUT2D eigenvalue weighted by molar-refractivity contribution is 5.73. The van der Waals surface area contributed by atoms with Gasteiger partial charge in [0, 0.05) is 43.3 Å². The Morgan fingerprint density at radius 3 is 2.60 bits per heavy atom. The highest BCUT2D eigenvalue weighted by Crippen LogP contribution is 2.48. The maximum absolute atomic E-state index is 14.8. The van der Waals surface area contributed by atoms with Crippen LogP contribution < -0.4 is 15.4 Å². The first-order chi connectivity index (χ1) is 16.7. The summed E-state index contributed by atoms with van der Waals surface area (Å²) >= 11 is 0. The molecule has 2 aliphatic rings. The second-order valence-corrected chi connectivity index (χ2v) is 10.3. The third-order valence-electron chi connectivity index (χ3n) is 7.13.